The summed E-state index contributed by atoms with van der Waals surface area (Å²) in [6.45, 7) is 6.30. The van der Waals surface area contributed by atoms with E-state index in [2.05, 4.69) is 18.7 Å². The number of amidine groups is 1. The second kappa shape index (κ2) is 8.57. The largest absolute Gasteiger partial charge is 0.497 e. The van der Waals surface area contributed by atoms with E-state index >= 15 is 0 Å². The van der Waals surface area contributed by atoms with Gasteiger partial charge < -0.3 is 9.64 Å². The summed E-state index contributed by atoms with van der Waals surface area (Å²) < 4.78 is 5.23. The van der Waals surface area contributed by atoms with Crippen molar-refractivity contribution >= 4 is 5.84 Å². The molecule has 1 rings (SSSR count). The van der Waals surface area contributed by atoms with E-state index in [-0.39, 0.29) is 0 Å². The van der Waals surface area contributed by atoms with Crippen LogP contribution >= 0.6 is 0 Å². The lowest BCUT2D eigenvalue weighted by Gasteiger charge is -2.25. The van der Waals surface area contributed by atoms with Crippen LogP contribution in [0.5, 0.6) is 5.75 Å². The van der Waals surface area contributed by atoms with Gasteiger partial charge in [-0.3, -0.25) is 5.41 Å². The quantitative estimate of drug-likeness (QED) is 0.569. The molecule has 0 aliphatic carbocycles. The third-order valence-electron chi connectivity index (χ3n) is 3.22. The molecular formula is C16H26N2O. The summed E-state index contributed by atoms with van der Waals surface area (Å²) in [6, 6.07) is 7.78. The van der Waals surface area contributed by atoms with Gasteiger partial charge in [-0.2, -0.15) is 0 Å². The van der Waals surface area contributed by atoms with Gasteiger partial charge in [-0.05, 0) is 25.0 Å². The molecule has 19 heavy (non-hydrogen) atoms. The zero-order valence-electron chi connectivity index (χ0n) is 12.4. The predicted molar refractivity (Wildman–Crippen MR) is 81.2 cm³/mol. The maximum atomic E-state index is 8.39. The lowest BCUT2D eigenvalue weighted by molar-refractivity contribution is 0.395. The van der Waals surface area contributed by atoms with Crippen molar-refractivity contribution in [1.82, 2.24) is 4.90 Å². The number of methoxy groups -OCH3 is 1. The SMILES string of the molecule is CCCCN(CCCC)C(=N)c1cccc(OC)c1. The Kier molecular flexibility index (Phi) is 7.01. The van der Waals surface area contributed by atoms with Crippen LogP contribution in [0.4, 0.5) is 0 Å². The first-order valence-electron chi connectivity index (χ1n) is 7.20. The summed E-state index contributed by atoms with van der Waals surface area (Å²) in [4.78, 5) is 2.18. The summed E-state index contributed by atoms with van der Waals surface area (Å²) in [5.41, 5.74) is 0.937. The average molecular weight is 262 g/mol. The number of unbranched alkanes of at least 4 members (excludes halogenated alkanes) is 2. The van der Waals surface area contributed by atoms with Gasteiger partial charge in [0.15, 0.2) is 0 Å². The molecule has 0 saturated carbocycles. The van der Waals surface area contributed by atoms with Crippen LogP contribution in [0.3, 0.4) is 0 Å². The van der Waals surface area contributed by atoms with E-state index in [1.165, 1.54) is 0 Å². The molecule has 0 aliphatic rings. The number of rotatable bonds is 8. The molecule has 0 spiro atoms. The van der Waals surface area contributed by atoms with Gasteiger partial charge >= 0.3 is 0 Å². The van der Waals surface area contributed by atoms with Crippen molar-refractivity contribution in [2.24, 2.45) is 0 Å². The van der Waals surface area contributed by atoms with E-state index < -0.39 is 0 Å². The Labute approximate surface area is 117 Å². The molecule has 0 radical (unpaired) electrons. The number of hydrogen-bond acceptors (Lipinski definition) is 2. The van der Waals surface area contributed by atoms with Gasteiger partial charge in [-0.25, -0.2) is 0 Å². The Bertz CT molecular complexity index is 382. The zero-order valence-corrected chi connectivity index (χ0v) is 12.4. The summed E-state index contributed by atoms with van der Waals surface area (Å²) in [5.74, 6) is 1.42. The number of nitrogens with zero attached hydrogens (tertiary/aromatic N) is 1. The van der Waals surface area contributed by atoms with Crippen LogP contribution in [-0.2, 0) is 0 Å². The maximum Gasteiger partial charge on any atom is 0.128 e. The van der Waals surface area contributed by atoms with E-state index in [0.717, 1.165) is 50.1 Å². The molecule has 0 aromatic heterocycles. The Morgan fingerprint density at radius 1 is 1.16 bits per heavy atom. The highest BCUT2D eigenvalue weighted by Gasteiger charge is 2.11. The topological polar surface area (TPSA) is 36.3 Å². The van der Waals surface area contributed by atoms with Crippen LogP contribution < -0.4 is 4.74 Å². The van der Waals surface area contributed by atoms with E-state index in [9.17, 15) is 0 Å². The number of nitrogens with one attached hydrogen (secondary N) is 1. The molecule has 1 aromatic carbocycles. The molecule has 0 heterocycles. The Morgan fingerprint density at radius 2 is 1.79 bits per heavy atom. The van der Waals surface area contributed by atoms with E-state index in [1.54, 1.807) is 7.11 Å². The van der Waals surface area contributed by atoms with Crippen LogP contribution in [0.1, 0.15) is 45.1 Å². The molecule has 1 N–H and O–H groups in total. The summed E-state index contributed by atoms with van der Waals surface area (Å²) in [6.07, 6.45) is 4.59. The molecule has 0 atom stereocenters. The van der Waals surface area contributed by atoms with Crippen LogP contribution in [0.2, 0.25) is 0 Å². The zero-order chi connectivity index (χ0) is 14.1. The fourth-order valence-electron chi connectivity index (χ4n) is 1.99. The molecule has 0 amide bonds. The highest BCUT2D eigenvalue weighted by molar-refractivity contribution is 5.96. The van der Waals surface area contributed by atoms with Crippen LogP contribution in [-0.4, -0.2) is 30.9 Å². The molecule has 0 saturated heterocycles. The van der Waals surface area contributed by atoms with Gasteiger partial charge in [0.1, 0.15) is 11.6 Å². The third-order valence-corrected chi connectivity index (χ3v) is 3.22. The van der Waals surface area contributed by atoms with E-state index in [1.807, 2.05) is 24.3 Å². The molecule has 0 bridgehead atoms. The van der Waals surface area contributed by atoms with Crippen molar-refractivity contribution in [3.8, 4) is 5.75 Å². The van der Waals surface area contributed by atoms with Crippen molar-refractivity contribution in [3.05, 3.63) is 29.8 Å². The van der Waals surface area contributed by atoms with Crippen molar-refractivity contribution in [2.45, 2.75) is 39.5 Å². The Balaban J connectivity index is 2.77. The number of hydrogen-bond donors (Lipinski definition) is 1. The summed E-state index contributed by atoms with van der Waals surface area (Å²) >= 11 is 0. The lowest BCUT2D eigenvalue weighted by Crippen LogP contribution is -2.33. The molecule has 3 heteroatoms. The molecule has 0 fully saturated rings. The molecule has 106 valence electrons. The van der Waals surface area contributed by atoms with Crippen molar-refractivity contribution in [2.75, 3.05) is 20.2 Å². The van der Waals surface area contributed by atoms with Gasteiger partial charge in [0, 0.05) is 18.7 Å². The Hall–Kier alpha value is -1.51. The van der Waals surface area contributed by atoms with Crippen LogP contribution in [0, 0.1) is 5.41 Å². The van der Waals surface area contributed by atoms with Gasteiger partial charge in [-0.1, -0.05) is 38.8 Å². The summed E-state index contributed by atoms with van der Waals surface area (Å²) in [7, 11) is 1.66. The van der Waals surface area contributed by atoms with Gasteiger partial charge in [0.25, 0.3) is 0 Å². The molecule has 1 aromatic rings. The second-order valence-corrected chi connectivity index (χ2v) is 4.77. The van der Waals surface area contributed by atoms with Crippen molar-refractivity contribution in [3.63, 3.8) is 0 Å². The molecular weight excluding hydrogens is 236 g/mol. The van der Waals surface area contributed by atoms with E-state index in [0.29, 0.717) is 5.84 Å². The lowest BCUT2D eigenvalue weighted by atomic mass is 10.1. The normalized spacial score (nSPS) is 10.3. The second-order valence-electron chi connectivity index (χ2n) is 4.77. The molecule has 0 aliphatic heterocycles. The van der Waals surface area contributed by atoms with Crippen molar-refractivity contribution < 1.29 is 4.74 Å². The highest BCUT2D eigenvalue weighted by atomic mass is 16.5. The predicted octanol–water partition coefficient (Wildman–Crippen LogP) is 3.92. The average Bonchev–Trinajstić information content (AvgIpc) is 2.47. The fourth-order valence-corrected chi connectivity index (χ4v) is 1.99. The first-order valence-corrected chi connectivity index (χ1v) is 7.20. The number of ether oxygens (including phenoxy) is 1. The van der Waals surface area contributed by atoms with Crippen LogP contribution in [0.25, 0.3) is 0 Å². The molecule has 0 unspecified atom stereocenters. The first-order chi connectivity index (χ1) is 9.22. The van der Waals surface area contributed by atoms with Crippen LogP contribution in [0.15, 0.2) is 24.3 Å². The summed E-state index contributed by atoms with van der Waals surface area (Å²) in [5, 5.41) is 8.39. The van der Waals surface area contributed by atoms with Gasteiger partial charge in [0.05, 0.1) is 7.11 Å². The number of benzene rings is 1. The van der Waals surface area contributed by atoms with E-state index in [4.69, 9.17) is 10.1 Å². The fraction of sp³-hybridized carbons (Fsp3) is 0.562. The minimum Gasteiger partial charge on any atom is -0.497 e. The smallest absolute Gasteiger partial charge is 0.128 e. The minimum atomic E-state index is 0.612. The maximum absolute atomic E-state index is 8.39. The minimum absolute atomic E-state index is 0.612. The standard InChI is InChI=1S/C16H26N2O/c1-4-6-11-18(12-7-5-2)16(17)14-9-8-10-15(13-14)19-3/h8-10,13,17H,4-7,11-12H2,1-3H3. The Morgan fingerprint density at radius 3 is 2.32 bits per heavy atom. The molecule has 3 nitrogen and oxygen atoms in total. The highest BCUT2D eigenvalue weighted by Crippen LogP contribution is 2.15. The van der Waals surface area contributed by atoms with Gasteiger partial charge in [-0.15, -0.1) is 0 Å². The van der Waals surface area contributed by atoms with Gasteiger partial charge in [0.2, 0.25) is 0 Å². The monoisotopic (exact) mass is 262 g/mol. The van der Waals surface area contributed by atoms with Crippen molar-refractivity contribution in [1.29, 1.82) is 5.41 Å². The first kappa shape index (κ1) is 15.5. The third kappa shape index (κ3) is 4.93.